The summed E-state index contributed by atoms with van der Waals surface area (Å²) in [5, 5.41) is 0. The fourth-order valence-electron chi connectivity index (χ4n) is 4.52. The SMILES string of the molecule is COc1c(N2CCOCC2)nc(N2CCOCC2)nc1N1CCN(c2ccccc2)CC1. The average molecular weight is 441 g/mol. The summed E-state index contributed by atoms with van der Waals surface area (Å²) in [5.41, 5.74) is 1.27. The molecule has 1 aromatic carbocycles. The maximum Gasteiger partial charge on any atom is 0.229 e. The van der Waals surface area contributed by atoms with E-state index in [0.717, 1.165) is 75.7 Å². The smallest absolute Gasteiger partial charge is 0.229 e. The summed E-state index contributed by atoms with van der Waals surface area (Å²) in [7, 11) is 1.72. The highest BCUT2D eigenvalue weighted by molar-refractivity contribution is 5.69. The second-order valence-electron chi connectivity index (χ2n) is 8.21. The van der Waals surface area contributed by atoms with Crippen LogP contribution in [0.1, 0.15) is 0 Å². The van der Waals surface area contributed by atoms with Crippen molar-refractivity contribution in [1.29, 1.82) is 0 Å². The number of hydrogen-bond donors (Lipinski definition) is 0. The topological polar surface area (TPSA) is 66.4 Å². The number of anilines is 4. The lowest BCUT2D eigenvalue weighted by atomic mass is 10.2. The first kappa shape index (κ1) is 21.1. The second-order valence-corrected chi connectivity index (χ2v) is 8.21. The molecule has 0 atom stereocenters. The lowest BCUT2D eigenvalue weighted by Crippen LogP contribution is -2.47. The van der Waals surface area contributed by atoms with E-state index in [2.05, 4.69) is 49.9 Å². The number of rotatable bonds is 5. The van der Waals surface area contributed by atoms with Crippen LogP contribution < -0.4 is 24.3 Å². The van der Waals surface area contributed by atoms with Crippen LogP contribution in [0, 0.1) is 0 Å². The number of morpholine rings is 2. The summed E-state index contributed by atoms with van der Waals surface area (Å²) in [4.78, 5) is 19.3. The van der Waals surface area contributed by atoms with E-state index < -0.39 is 0 Å². The molecule has 2 aromatic rings. The average Bonchev–Trinajstić information content (AvgIpc) is 2.89. The Kier molecular flexibility index (Phi) is 6.45. The lowest BCUT2D eigenvalue weighted by molar-refractivity contribution is 0.121. The summed E-state index contributed by atoms with van der Waals surface area (Å²) in [5.74, 6) is 3.28. The van der Waals surface area contributed by atoms with Gasteiger partial charge in [-0.25, -0.2) is 0 Å². The summed E-state index contributed by atoms with van der Waals surface area (Å²) in [6, 6.07) is 10.6. The minimum Gasteiger partial charge on any atom is -0.490 e. The van der Waals surface area contributed by atoms with Crippen molar-refractivity contribution < 1.29 is 14.2 Å². The van der Waals surface area contributed by atoms with E-state index in [1.807, 2.05) is 0 Å². The predicted molar refractivity (Wildman–Crippen MR) is 126 cm³/mol. The first-order valence-corrected chi connectivity index (χ1v) is 11.5. The van der Waals surface area contributed by atoms with Crippen LogP contribution in [0.3, 0.4) is 0 Å². The molecule has 0 bridgehead atoms. The van der Waals surface area contributed by atoms with E-state index in [1.165, 1.54) is 5.69 Å². The van der Waals surface area contributed by atoms with E-state index in [1.54, 1.807) is 7.11 Å². The van der Waals surface area contributed by atoms with Gasteiger partial charge in [0.05, 0.1) is 33.5 Å². The van der Waals surface area contributed by atoms with Gasteiger partial charge in [0.15, 0.2) is 11.6 Å². The Morgan fingerprint density at radius 3 is 1.72 bits per heavy atom. The van der Waals surface area contributed by atoms with E-state index in [-0.39, 0.29) is 0 Å². The zero-order valence-corrected chi connectivity index (χ0v) is 18.8. The van der Waals surface area contributed by atoms with E-state index in [4.69, 9.17) is 24.2 Å². The van der Waals surface area contributed by atoms with Crippen molar-refractivity contribution >= 4 is 23.3 Å². The number of ether oxygens (including phenoxy) is 3. The molecule has 0 spiro atoms. The molecule has 3 aliphatic heterocycles. The number of nitrogens with zero attached hydrogens (tertiary/aromatic N) is 6. The summed E-state index contributed by atoms with van der Waals surface area (Å²) < 4.78 is 17.1. The number of benzene rings is 1. The first-order chi connectivity index (χ1) is 15.8. The van der Waals surface area contributed by atoms with Crippen LogP contribution in [-0.4, -0.2) is 95.9 Å². The molecule has 0 amide bonds. The van der Waals surface area contributed by atoms with Crippen LogP contribution in [0.5, 0.6) is 5.75 Å². The number of methoxy groups -OCH3 is 1. The van der Waals surface area contributed by atoms with Gasteiger partial charge in [0.25, 0.3) is 0 Å². The third-order valence-electron chi connectivity index (χ3n) is 6.33. The molecule has 9 nitrogen and oxygen atoms in total. The van der Waals surface area contributed by atoms with Crippen molar-refractivity contribution in [2.75, 3.05) is 105 Å². The Hall–Kier alpha value is -2.78. The maximum absolute atomic E-state index is 5.93. The molecule has 0 N–H and O–H groups in total. The van der Waals surface area contributed by atoms with Crippen molar-refractivity contribution in [2.45, 2.75) is 0 Å². The number of aromatic nitrogens is 2. The molecule has 0 unspecified atom stereocenters. The standard InChI is InChI=1S/C23H32N6O3/c1-30-20-21(27-9-7-26(8-10-27)19-5-3-2-4-6-19)24-23(29-13-17-32-18-14-29)25-22(20)28-11-15-31-16-12-28/h2-6H,7-18H2,1H3. The minimum atomic E-state index is 0.700. The highest BCUT2D eigenvalue weighted by atomic mass is 16.5. The van der Waals surface area contributed by atoms with E-state index in [0.29, 0.717) is 26.4 Å². The zero-order chi connectivity index (χ0) is 21.8. The predicted octanol–water partition coefficient (Wildman–Crippen LogP) is 1.49. The Bertz CT molecular complexity index is 879. The summed E-state index contributed by atoms with van der Waals surface area (Å²) in [6.07, 6.45) is 0. The second kappa shape index (κ2) is 9.79. The Morgan fingerprint density at radius 2 is 1.16 bits per heavy atom. The Balaban J connectivity index is 1.44. The van der Waals surface area contributed by atoms with Gasteiger partial charge in [-0.2, -0.15) is 9.97 Å². The highest BCUT2D eigenvalue weighted by Gasteiger charge is 2.29. The Labute approximate surface area is 189 Å². The van der Waals surface area contributed by atoms with Gasteiger partial charge in [-0.05, 0) is 12.1 Å². The molecule has 1 aromatic heterocycles. The van der Waals surface area contributed by atoms with Gasteiger partial charge in [0.1, 0.15) is 0 Å². The molecular formula is C23H32N6O3. The van der Waals surface area contributed by atoms with Crippen LogP contribution in [0.15, 0.2) is 30.3 Å². The molecule has 3 aliphatic rings. The third-order valence-corrected chi connectivity index (χ3v) is 6.33. The van der Waals surface area contributed by atoms with Crippen LogP contribution in [0.2, 0.25) is 0 Å². The van der Waals surface area contributed by atoms with Crippen LogP contribution in [0.25, 0.3) is 0 Å². The number of piperazine rings is 1. The van der Waals surface area contributed by atoms with Crippen LogP contribution >= 0.6 is 0 Å². The Morgan fingerprint density at radius 1 is 0.656 bits per heavy atom. The van der Waals surface area contributed by atoms with Gasteiger partial charge in [0, 0.05) is 58.0 Å². The third kappa shape index (κ3) is 4.40. The molecule has 9 heteroatoms. The fraction of sp³-hybridized carbons (Fsp3) is 0.565. The number of hydrogen-bond acceptors (Lipinski definition) is 9. The normalized spacial score (nSPS) is 19.9. The molecule has 172 valence electrons. The van der Waals surface area contributed by atoms with Crippen molar-refractivity contribution in [2.24, 2.45) is 0 Å². The lowest BCUT2D eigenvalue weighted by Gasteiger charge is -2.38. The fourth-order valence-corrected chi connectivity index (χ4v) is 4.52. The minimum absolute atomic E-state index is 0.700. The van der Waals surface area contributed by atoms with E-state index >= 15 is 0 Å². The molecular weight excluding hydrogens is 408 g/mol. The molecule has 3 saturated heterocycles. The van der Waals surface area contributed by atoms with Crippen LogP contribution in [0.4, 0.5) is 23.3 Å². The molecule has 5 rings (SSSR count). The summed E-state index contributed by atoms with van der Waals surface area (Å²) in [6.45, 7) is 9.66. The molecule has 32 heavy (non-hydrogen) atoms. The molecule has 0 radical (unpaired) electrons. The van der Waals surface area contributed by atoms with Gasteiger partial charge >= 0.3 is 0 Å². The largest absolute Gasteiger partial charge is 0.490 e. The first-order valence-electron chi connectivity index (χ1n) is 11.5. The van der Waals surface area contributed by atoms with Gasteiger partial charge in [-0.1, -0.05) is 18.2 Å². The van der Waals surface area contributed by atoms with Crippen molar-refractivity contribution in [3.63, 3.8) is 0 Å². The quantitative estimate of drug-likeness (QED) is 0.688. The molecule has 4 heterocycles. The van der Waals surface area contributed by atoms with Gasteiger partial charge in [0.2, 0.25) is 11.7 Å². The molecule has 0 aliphatic carbocycles. The summed E-state index contributed by atoms with van der Waals surface area (Å²) >= 11 is 0. The van der Waals surface area contributed by atoms with Gasteiger partial charge in [-0.15, -0.1) is 0 Å². The maximum atomic E-state index is 5.93. The van der Waals surface area contributed by atoms with Crippen LogP contribution in [-0.2, 0) is 9.47 Å². The number of para-hydroxylation sites is 1. The zero-order valence-electron chi connectivity index (χ0n) is 18.8. The van der Waals surface area contributed by atoms with Crippen molar-refractivity contribution in [3.05, 3.63) is 30.3 Å². The molecule has 3 fully saturated rings. The molecule has 0 saturated carbocycles. The highest BCUT2D eigenvalue weighted by Crippen LogP contribution is 2.38. The van der Waals surface area contributed by atoms with Crippen molar-refractivity contribution in [3.8, 4) is 5.75 Å². The van der Waals surface area contributed by atoms with Crippen molar-refractivity contribution in [1.82, 2.24) is 9.97 Å². The van der Waals surface area contributed by atoms with E-state index in [9.17, 15) is 0 Å². The van der Waals surface area contributed by atoms with Gasteiger partial charge < -0.3 is 33.8 Å². The monoisotopic (exact) mass is 440 g/mol. The van der Waals surface area contributed by atoms with Gasteiger partial charge in [-0.3, -0.25) is 0 Å².